The second kappa shape index (κ2) is 10.5. The maximum absolute atomic E-state index is 13.3. The van der Waals surface area contributed by atoms with E-state index in [1.54, 1.807) is 12.1 Å². The number of hydrogen-bond acceptors (Lipinski definition) is 7. The first-order valence-electron chi connectivity index (χ1n) is 11.8. The molecule has 0 amide bonds. The highest BCUT2D eigenvalue weighted by Crippen LogP contribution is 2.32. The number of rotatable bonds is 8. The standard InChI is InChI=1S/C25H36N4O4S/c1-27-12-14-29(15-13-27)23(20-7-9-22-19(16-20)6-5-11-28(22)2)18-26-34(30,31)25-17-21(32-3)8-10-24(25)33-4/h7-10,16-17,23,26H,5-6,11-15,18H2,1-4H3. The van der Waals surface area contributed by atoms with Crippen LogP contribution in [0.3, 0.4) is 0 Å². The molecule has 2 aliphatic rings. The van der Waals surface area contributed by atoms with Gasteiger partial charge in [0.15, 0.2) is 0 Å². The minimum Gasteiger partial charge on any atom is -0.497 e. The number of anilines is 1. The third kappa shape index (κ3) is 5.33. The zero-order valence-corrected chi connectivity index (χ0v) is 21.4. The molecule has 1 unspecified atom stereocenters. The first kappa shape index (κ1) is 24.8. The summed E-state index contributed by atoms with van der Waals surface area (Å²) in [5.41, 5.74) is 3.76. The summed E-state index contributed by atoms with van der Waals surface area (Å²) < 4.78 is 40.1. The molecule has 34 heavy (non-hydrogen) atoms. The minimum atomic E-state index is -3.81. The highest BCUT2D eigenvalue weighted by molar-refractivity contribution is 7.89. The molecule has 1 N–H and O–H groups in total. The second-order valence-electron chi connectivity index (χ2n) is 9.14. The van der Waals surface area contributed by atoms with Crippen LogP contribution in [0, 0.1) is 0 Å². The van der Waals surface area contributed by atoms with Gasteiger partial charge in [-0.15, -0.1) is 0 Å². The van der Waals surface area contributed by atoms with Crippen LogP contribution < -0.4 is 19.1 Å². The molecule has 2 aromatic rings. The Balaban J connectivity index is 1.62. The van der Waals surface area contributed by atoms with Gasteiger partial charge in [-0.05, 0) is 49.2 Å². The Bertz CT molecular complexity index is 1100. The Morgan fingerprint density at radius 3 is 2.44 bits per heavy atom. The fourth-order valence-electron chi connectivity index (χ4n) is 4.86. The van der Waals surface area contributed by atoms with Gasteiger partial charge in [0, 0.05) is 64.1 Å². The van der Waals surface area contributed by atoms with Crippen molar-refractivity contribution in [1.82, 2.24) is 14.5 Å². The van der Waals surface area contributed by atoms with Gasteiger partial charge in [-0.25, -0.2) is 13.1 Å². The predicted octanol–water partition coefficient (Wildman–Crippen LogP) is 2.35. The summed E-state index contributed by atoms with van der Waals surface area (Å²) in [5.74, 6) is 0.761. The molecular weight excluding hydrogens is 452 g/mol. The Labute approximate surface area is 203 Å². The van der Waals surface area contributed by atoms with E-state index in [9.17, 15) is 8.42 Å². The maximum atomic E-state index is 13.3. The molecule has 2 heterocycles. The third-order valence-electron chi connectivity index (χ3n) is 6.94. The van der Waals surface area contributed by atoms with Crippen molar-refractivity contribution in [3.8, 4) is 11.5 Å². The first-order chi connectivity index (χ1) is 16.3. The van der Waals surface area contributed by atoms with E-state index >= 15 is 0 Å². The third-order valence-corrected chi connectivity index (χ3v) is 8.39. The van der Waals surface area contributed by atoms with Gasteiger partial charge in [0.25, 0.3) is 0 Å². The largest absolute Gasteiger partial charge is 0.497 e. The van der Waals surface area contributed by atoms with Crippen molar-refractivity contribution in [2.45, 2.75) is 23.8 Å². The van der Waals surface area contributed by atoms with Gasteiger partial charge >= 0.3 is 0 Å². The SMILES string of the molecule is COc1ccc(OC)c(S(=O)(=O)NCC(c2ccc3c(c2)CCCN3C)N2CCN(C)CC2)c1. The maximum Gasteiger partial charge on any atom is 0.244 e. The number of piperazine rings is 1. The molecule has 2 aliphatic heterocycles. The lowest BCUT2D eigenvalue weighted by Gasteiger charge is -2.39. The van der Waals surface area contributed by atoms with Crippen LogP contribution in [0.2, 0.25) is 0 Å². The van der Waals surface area contributed by atoms with Crippen molar-refractivity contribution in [1.29, 1.82) is 0 Å². The minimum absolute atomic E-state index is 0.0578. The molecule has 2 aromatic carbocycles. The van der Waals surface area contributed by atoms with Crippen molar-refractivity contribution in [3.05, 3.63) is 47.5 Å². The van der Waals surface area contributed by atoms with Gasteiger partial charge in [-0.2, -0.15) is 0 Å². The molecule has 0 saturated carbocycles. The Kier molecular flexibility index (Phi) is 7.67. The van der Waals surface area contributed by atoms with Crippen molar-refractivity contribution in [2.75, 3.05) is 72.5 Å². The van der Waals surface area contributed by atoms with E-state index in [0.29, 0.717) is 11.5 Å². The zero-order chi connectivity index (χ0) is 24.3. The number of ether oxygens (including phenoxy) is 2. The van der Waals surface area contributed by atoms with Crippen molar-refractivity contribution < 1.29 is 17.9 Å². The number of hydrogen-bond donors (Lipinski definition) is 1. The lowest BCUT2D eigenvalue weighted by Crippen LogP contribution is -2.48. The molecule has 0 spiro atoms. The molecule has 8 nitrogen and oxygen atoms in total. The molecule has 0 aliphatic carbocycles. The summed E-state index contributed by atoms with van der Waals surface area (Å²) in [6.45, 7) is 5.05. The molecule has 1 fully saturated rings. The van der Waals surface area contributed by atoms with Crippen LogP contribution in [-0.2, 0) is 16.4 Å². The molecule has 1 saturated heterocycles. The van der Waals surface area contributed by atoms with E-state index < -0.39 is 10.0 Å². The highest BCUT2D eigenvalue weighted by Gasteiger charge is 2.28. The summed E-state index contributed by atoms with van der Waals surface area (Å²) in [4.78, 5) is 7.07. The van der Waals surface area contributed by atoms with Crippen LogP contribution in [0.25, 0.3) is 0 Å². The number of aryl methyl sites for hydroxylation is 1. The predicted molar refractivity (Wildman–Crippen MR) is 135 cm³/mol. The van der Waals surface area contributed by atoms with Gasteiger partial charge in [-0.1, -0.05) is 12.1 Å². The van der Waals surface area contributed by atoms with Crippen molar-refractivity contribution >= 4 is 15.7 Å². The van der Waals surface area contributed by atoms with E-state index in [-0.39, 0.29) is 17.5 Å². The van der Waals surface area contributed by atoms with E-state index in [1.807, 2.05) is 0 Å². The van der Waals surface area contributed by atoms with Gasteiger partial charge in [-0.3, -0.25) is 4.90 Å². The monoisotopic (exact) mass is 488 g/mol. The number of sulfonamides is 1. The number of methoxy groups -OCH3 is 2. The Hall–Kier alpha value is -2.33. The molecule has 0 aromatic heterocycles. The van der Waals surface area contributed by atoms with E-state index in [4.69, 9.17) is 9.47 Å². The summed E-state index contributed by atoms with van der Waals surface area (Å²) in [7, 11) is 3.43. The smallest absolute Gasteiger partial charge is 0.244 e. The zero-order valence-electron chi connectivity index (χ0n) is 20.6. The summed E-state index contributed by atoms with van der Waals surface area (Å²) in [5, 5.41) is 0. The number of likely N-dealkylation sites (N-methyl/N-ethyl adjacent to an activating group) is 1. The number of nitrogens with one attached hydrogen (secondary N) is 1. The lowest BCUT2D eigenvalue weighted by atomic mass is 9.95. The van der Waals surface area contributed by atoms with E-state index in [0.717, 1.165) is 51.1 Å². The number of fused-ring (bicyclic) bond motifs is 1. The Morgan fingerprint density at radius 1 is 0.971 bits per heavy atom. The number of benzene rings is 2. The van der Waals surface area contributed by atoms with Crippen LogP contribution in [0.1, 0.15) is 23.6 Å². The molecular formula is C25H36N4O4S. The van der Waals surface area contributed by atoms with Gasteiger partial charge in [0.2, 0.25) is 10.0 Å². The molecule has 4 rings (SSSR count). The molecule has 0 radical (unpaired) electrons. The fourth-order valence-corrected chi connectivity index (χ4v) is 6.08. The average molecular weight is 489 g/mol. The molecule has 0 bridgehead atoms. The summed E-state index contributed by atoms with van der Waals surface area (Å²) in [6.07, 6.45) is 2.18. The van der Waals surface area contributed by atoms with Crippen molar-refractivity contribution in [3.63, 3.8) is 0 Å². The van der Waals surface area contributed by atoms with Crippen LogP contribution in [0.5, 0.6) is 11.5 Å². The fraction of sp³-hybridized carbons (Fsp3) is 0.520. The number of nitrogens with zero attached hydrogens (tertiary/aromatic N) is 3. The molecule has 186 valence electrons. The topological polar surface area (TPSA) is 74.3 Å². The van der Waals surface area contributed by atoms with Crippen LogP contribution in [-0.4, -0.2) is 85.8 Å². The van der Waals surface area contributed by atoms with Gasteiger partial charge < -0.3 is 19.3 Å². The quantitative estimate of drug-likeness (QED) is 0.611. The summed E-state index contributed by atoms with van der Waals surface area (Å²) in [6, 6.07) is 11.4. The van der Waals surface area contributed by atoms with Crippen LogP contribution >= 0.6 is 0 Å². The normalized spacial score (nSPS) is 18.4. The van der Waals surface area contributed by atoms with Gasteiger partial charge in [0.1, 0.15) is 16.4 Å². The second-order valence-corrected chi connectivity index (χ2v) is 10.9. The van der Waals surface area contributed by atoms with Crippen LogP contribution in [0.4, 0.5) is 5.69 Å². The van der Waals surface area contributed by atoms with Crippen LogP contribution in [0.15, 0.2) is 41.3 Å². The van der Waals surface area contributed by atoms with E-state index in [2.05, 4.69) is 51.7 Å². The lowest BCUT2D eigenvalue weighted by molar-refractivity contribution is 0.113. The van der Waals surface area contributed by atoms with Gasteiger partial charge in [0.05, 0.1) is 14.2 Å². The average Bonchev–Trinajstić information content (AvgIpc) is 2.85. The summed E-state index contributed by atoms with van der Waals surface area (Å²) >= 11 is 0. The Morgan fingerprint density at radius 2 is 1.74 bits per heavy atom. The molecule has 1 atom stereocenters. The first-order valence-corrected chi connectivity index (χ1v) is 13.3. The molecule has 9 heteroatoms. The van der Waals surface area contributed by atoms with Crippen molar-refractivity contribution in [2.24, 2.45) is 0 Å². The van der Waals surface area contributed by atoms with E-state index in [1.165, 1.54) is 31.5 Å². The highest BCUT2D eigenvalue weighted by atomic mass is 32.2.